The van der Waals surface area contributed by atoms with E-state index in [-0.39, 0.29) is 12.5 Å². The third-order valence-electron chi connectivity index (χ3n) is 3.84. The molecule has 0 aromatic carbocycles. The average molecular weight is 212 g/mol. The summed E-state index contributed by atoms with van der Waals surface area (Å²) in [6.07, 6.45) is -0.101. The molecule has 5 nitrogen and oxygen atoms in total. The van der Waals surface area contributed by atoms with Crippen LogP contribution in [0.15, 0.2) is 11.8 Å². The highest BCUT2D eigenvalue weighted by molar-refractivity contribution is 5.92. The van der Waals surface area contributed by atoms with Gasteiger partial charge in [-0.1, -0.05) is 6.92 Å². The molecule has 0 radical (unpaired) electrons. The van der Waals surface area contributed by atoms with Gasteiger partial charge in [-0.05, 0) is 0 Å². The van der Waals surface area contributed by atoms with E-state index in [4.69, 9.17) is 9.47 Å². The quantitative estimate of drug-likeness (QED) is 0.513. The molecule has 1 saturated carbocycles. The molecule has 0 bridgehead atoms. The van der Waals surface area contributed by atoms with E-state index in [0.717, 1.165) is 0 Å². The van der Waals surface area contributed by atoms with Crippen LogP contribution in [0.4, 0.5) is 0 Å². The first kappa shape index (κ1) is 9.18. The highest BCUT2D eigenvalue weighted by Gasteiger charge is 2.66. The molecule has 15 heavy (non-hydrogen) atoms. The molecule has 3 rings (SSSR count). The van der Waals surface area contributed by atoms with Crippen molar-refractivity contribution in [1.29, 1.82) is 0 Å². The van der Waals surface area contributed by atoms with Crippen LogP contribution in [0, 0.1) is 11.8 Å². The maximum absolute atomic E-state index is 11.4. The number of carbonyl (C=O) groups excluding carboxylic acids is 1. The minimum Gasteiger partial charge on any atom is -0.498 e. The van der Waals surface area contributed by atoms with Crippen LogP contribution in [0.3, 0.4) is 0 Å². The van der Waals surface area contributed by atoms with Gasteiger partial charge in [0.05, 0.1) is 23.9 Å². The summed E-state index contributed by atoms with van der Waals surface area (Å²) in [6.45, 7) is 1.84. The fourth-order valence-electron chi connectivity index (χ4n) is 2.86. The zero-order chi connectivity index (χ0) is 10.8. The molecule has 3 aliphatic rings. The van der Waals surface area contributed by atoms with Crippen molar-refractivity contribution in [2.75, 3.05) is 6.61 Å². The van der Waals surface area contributed by atoms with Crippen LogP contribution in [0.5, 0.6) is 0 Å². The van der Waals surface area contributed by atoms with Crippen LogP contribution >= 0.6 is 0 Å². The molecular formula is C10H12O5. The first-order chi connectivity index (χ1) is 7.05. The van der Waals surface area contributed by atoms with E-state index in [1.54, 1.807) is 6.92 Å². The highest BCUT2D eigenvalue weighted by Crippen LogP contribution is 2.51. The molecule has 1 saturated heterocycles. The van der Waals surface area contributed by atoms with E-state index in [1.807, 2.05) is 0 Å². The van der Waals surface area contributed by atoms with Gasteiger partial charge in [-0.15, -0.1) is 0 Å². The number of aliphatic hydroxyl groups excluding tert-OH is 1. The van der Waals surface area contributed by atoms with Gasteiger partial charge in [0.25, 0.3) is 0 Å². The molecule has 1 aliphatic carbocycles. The number of hydrogen-bond acceptors (Lipinski definition) is 5. The summed E-state index contributed by atoms with van der Waals surface area (Å²) in [6, 6.07) is 0. The first-order valence-electron chi connectivity index (χ1n) is 4.99. The normalized spacial score (nSPS) is 51.9. The maximum Gasteiger partial charge on any atom is 0.338 e. The zero-order valence-electron chi connectivity index (χ0n) is 8.21. The Hall–Kier alpha value is -1.07. The Morgan fingerprint density at radius 2 is 2.33 bits per heavy atom. The molecule has 2 fully saturated rings. The number of ether oxygens (including phenoxy) is 2. The van der Waals surface area contributed by atoms with Gasteiger partial charge in [0.2, 0.25) is 0 Å². The van der Waals surface area contributed by atoms with Gasteiger partial charge in [-0.2, -0.15) is 0 Å². The van der Waals surface area contributed by atoms with Crippen molar-refractivity contribution in [2.45, 2.75) is 24.7 Å². The van der Waals surface area contributed by atoms with Crippen LogP contribution in [0.25, 0.3) is 0 Å². The molecule has 2 aliphatic heterocycles. The van der Waals surface area contributed by atoms with E-state index in [0.29, 0.717) is 5.57 Å². The Morgan fingerprint density at radius 3 is 3.07 bits per heavy atom. The fourth-order valence-corrected chi connectivity index (χ4v) is 2.86. The molecule has 0 amide bonds. The summed E-state index contributed by atoms with van der Waals surface area (Å²) in [5.74, 6) is -1.29. The van der Waals surface area contributed by atoms with Crippen molar-refractivity contribution in [3.8, 4) is 0 Å². The largest absolute Gasteiger partial charge is 0.498 e. The van der Waals surface area contributed by atoms with Gasteiger partial charge < -0.3 is 19.7 Å². The summed E-state index contributed by atoms with van der Waals surface area (Å²) in [4.78, 5) is 11.4. The van der Waals surface area contributed by atoms with Gasteiger partial charge >= 0.3 is 5.97 Å². The number of esters is 1. The first-order valence-corrected chi connectivity index (χ1v) is 4.99. The molecule has 0 aromatic rings. The summed E-state index contributed by atoms with van der Waals surface area (Å²) in [5, 5.41) is 20.3. The van der Waals surface area contributed by atoms with E-state index < -0.39 is 29.7 Å². The molecule has 0 spiro atoms. The minimum absolute atomic E-state index is 0.104. The zero-order valence-corrected chi connectivity index (χ0v) is 8.21. The molecule has 2 N–H and O–H groups in total. The molecule has 0 unspecified atom stereocenters. The monoisotopic (exact) mass is 212 g/mol. The standard InChI is InChI=1S/C10H12O5/c1-4-7(11)8-6-5(9(12)15-8)2-14-3-10(4,6)13/h2,4,6-8,11,13H,3H2,1H3/t4-,6-,7-,8-,10-/m0/s1. The summed E-state index contributed by atoms with van der Waals surface area (Å²) in [5.41, 5.74) is -0.836. The van der Waals surface area contributed by atoms with Crippen LogP contribution in [0.1, 0.15) is 6.92 Å². The number of rotatable bonds is 0. The second-order valence-electron chi connectivity index (χ2n) is 4.50. The van der Waals surface area contributed by atoms with Gasteiger partial charge in [0.15, 0.2) is 0 Å². The minimum atomic E-state index is -1.18. The number of hydrogen-bond donors (Lipinski definition) is 2. The Bertz CT molecular complexity index is 363. The van der Waals surface area contributed by atoms with Crippen LogP contribution in [-0.4, -0.2) is 40.6 Å². The third-order valence-corrected chi connectivity index (χ3v) is 3.84. The number of aliphatic hydroxyl groups is 2. The Labute approximate surface area is 86.3 Å². The molecule has 2 heterocycles. The summed E-state index contributed by atoms with van der Waals surface area (Å²) >= 11 is 0. The van der Waals surface area contributed by atoms with Gasteiger partial charge in [-0.25, -0.2) is 4.79 Å². The lowest BCUT2D eigenvalue weighted by Crippen LogP contribution is -2.47. The lowest BCUT2D eigenvalue weighted by molar-refractivity contribution is -0.144. The predicted octanol–water partition coefficient (Wildman–Crippen LogP) is -0.816. The fraction of sp³-hybridized carbons (Fsp3) is 0.700. The third kappa shape index (κ3) is 0.879. The lowest BCUT2D eigenvalue weighted by atomic mass is 9.81. The van der Waals surface area contributed by atoms with Gasteiger partial charge in [0, 0.05) is 5.92 Å². The van der Waals surface area contributed by atoms with Gasteiger partial charge in [0.1, 0.15) is 18.3 Å². The van der Waals surface area contributed by atoms with Crippen molar-refractivity contribution in [2.24, 2.45) is 11.8 Å². The van der Waals surface area contributed by atoms with Crippen LogP contribution < -0.4 is 0 Å². The van der Waals surface area contributed by atoms with E-state index in [9.17, 15) is 15.0 Å². The molecular weight excluding hydrogens is 200 g/mol. The van der Waals surface area contributed by atoms with Crippen molar-refractivity contribution in [3.05, 3.63) is 11.8 Å². The summed E-state index contributed by atoms with van der Waals surface area (Å²) in [7, 11) is 0. The van der Waals surface area contributed by atoms with Gasteiger partial charge in [-0.3, -0.25) is 0 Å². The highest BCUT2D eigenvalue weighted by atomic mass is 16.6. The van der Waals surface area contributed by atoms with E-state index in [2.05, 4.69) is 0 Å². The average Bonchev–Trinajstić information content (AvgIpc) is 2.63. The molecule has 5 heteroatoms. The second kappa shape index (κ2) is 2.54. The molecule has 82 valence electrons. The van der Waals surface area contributed by atoms with Crippen molar-refractivity contribution in [3.63, 3.8) is 0 Å². The van der Waals surface area contributed by atoms with E-state index >= 15 is 0 Å². The van der Waals surface area contributed by atoms with Crippen molar-refractivity contribution < 1.29 is 24.5 Å². The second-order valence-corrected chi connectivity index (χ2v) is 4.50. The number of carbonyl (C=O) groups is 1. The predicted molar refractivity (Wildman–Crippen MR) is 47.5 cm³/mol. The summed E-state index contributed by atoms with van der Waals surface area (Å²) < 4.78 is 10.1. The maximum atomic E-state index is 11.4. The lowest BCUT2D eigenvalue weighted by Gasteiger charge is -2.34. The molecule has 0 aromatic heterocycles. The topological polar surface area (TPSA) is 76.0 Å². The Balaban J connectivity index is 2.13. The van der Waals surface area contributed by atoms with E-state index in [1.165, 1.54) is 6.26 Å². The Kier molecular flexibility index (Phi) is 1.55. The SMILES string of the molecule is C[C@H]1[C@H](O)[C@H]2OC(=O)C3=COC[C@@]1(O)[C@@H]32. The molecule has 5 atom stereocenters. The van der Waals surface area contributed by atoms with Crippen molar-refractivity contribution in [1.82, 2.24) is 0 Å². The smallest absolute Gasteiger partial charge is 0.338 e. The Morgan fingerprint density at radius 1 is 1.60 bits per heavy atom. The van der Waals surface area contributed by atoms with Crippen LogP contribution in [-0.2, 0) is 14.3 Å². The van der Waals surface area contributed by atoms with Crippen LogP contribution in [0.2, 0.25) is 0 Å². The van der Waals surface area contributed by atoms with Crippen molar-refractivity contribution >= 4 is 5.97 Å².